The summed E-state index contributed by atoms with van der Waals surface area (Å²) >= 11 is 0. The predicted octanol–water partition coefficient (Wildman–Crippen LogP) is 2.82. The van der Waals surface area contributed by atoms with Crippen molar-refractivity contribution >= 4 is 0 Å². The quantitative estimate of drug-likeness (QED) is 0.819. The lowest BCUT2D eigenvalue weighted by atomic mass is 9.88. The summed E-state index contributed by atoms with van der Waals surface area (Å²) in [5.41, 5.74) is 0.342. The van der Waals surface area contributed by atoms with Crippen molar-refractivity contribution < 1.29 is 0 Å². The van der Waals surface area contributed by atoms with Gasteiger partial charge in [-0.1, -0.05) is 25.7 Å². The fraction of sp³-hybridized carbons (Fsp3) is 0.824. The van der Waals surface area contributed by atoms with Crippen molar-refractivity contribution in [1.29, 1.82) is 0 Å². The molecule has 0 aromatic carbocycles. The van der Waals surface area contributed by atoms with E-state index in [2.05, 4.69) is 53.9 Å². The first kappa shape index (κ1) is 16.5. The van der Waals surface area contributed by atoms with E-state index in [1.54, 1.807) is 0 Å². The van der Waals surface area contributed by atoms with Gasteiger partial charge in [0, 0.05) is 37.1 Å². The zero-order valence-corrected chi connectivity index (χ0v) is 14.2. The molecular weight excluding hydrogens is 260 g/mol. The van der Waals surface area contributed by atoms with Gasteiger partial charge < -0.3 is 14.8 Å². The largest absolute Gasteiger partial charge is 0.334 e. The maximum Gasteiger partial charge on any atom is 0.105 e. The molecule has 4 heteroatoms. The van der Waals surface area contributed by atoms with Gasteiger partial charge in [-0.3, -0.25) is 0 Å². The summed E-state index contributed by atoms with van der Waals surface area (Å²) in [5, 5.41) is 3.78. The molecule has 1 aromatic heterocycles. The maximum atomic E-state index is 4.30. The number of hydrogen-bond acceptors (Lipinski definition) is 3. The van der Waals surface area contributed by atoms with E-state index in [4.69, 9.17) is 0 Å². The Morgan fingerprint density at radius 3 is 2.48 bits per heavy atom. The smallest absolute Gasteiger partial charge is 0.105 e. The summed E-state index contributed by atoms with van der Waals surface area (Å²) in [6.45, 7) is 6.43. The molecule has 0 bridgehead atoms. The van der Waals surface area contributed by atoms with E-state index in [1.165, 1.54) is 38.5 Å². The van der Waals surface area contributed by atoms with E-state index >= 15 is 0 Å². The predicted molar refractivity (Wildman–Crippen MR) is 88.5 cm³/mol. The molecule has 1 aliphatic rings. The molecule has 2 rings (SSSR count). The van der Waals surface area contributed by atoms with Gasteiger partial charge in [-0.25, -0.2) is 4.98 Å². The van der Waals surface area contributed by atoms with Gasteiger partial charge in [-0.05, 0) is 40.8 Å². The second-order valence-corrected chi connectivity index (χ2v) is 6.94. The molecule has 1 aromatic rings. The minimum Gasteiger partial charge on any atom is -0.334 e. The average molecular weight is 292 g/mol. The lowest BCUT2D eigenvalue weighted by Crippen LogP contribution is -2.53. The lowest BCUT2D eigenvalue weighted by molar-refractivity contribution is 0.122. The number of imidazole rings is 1. The van der Waals surface area contributed by atoms with Crippen LogP contribution in [0.2, 0.25) is 0 Å². The Morgan fingerprint density at radius 1 is 1.29 bits per heavy atom. The first-order chi connectivity index (χ1) is 10.0. The number of nitrogens with zero attached hydrogens (tertiary/aromatic N) is 3. The number of aryl methyl sites for hydroxylation is 1. The molecule has 4 nitrogen and oxygen atoms in total. The second kappa shape index (κ2) is 7.41. The molecule has 0 spiro atoms. The van der Waals surface area contributed by atoms with E-state index < -0.39 is 0 Å². The zero-order valence-electron chi connectivity index (χ0n) is 14.2. The standard InChI is InChI=1S/C17H32N4/c1-15(13-21-12-11-18-16(21)2)19-14-17(20(3)4)9-7-5-6-8-10-17/h11-12,15,19H,5-10,13-14H2,1-4H3/t15-/m1/s1. The highest BCUT2D eigenvalue weighted by atomic mass is 15.2. The highest BCUT2D eigenvalue weighted by Crippen LogP contribution is 2.30. The first-order valence-electron chi connectivity index (χ1n) is 8.42. The number of nitrogens with one attached hydrogen (secondary N) is 1. The van der Waals surface area contributed by atoms with Gasteiger partial charge in [0.05, 0.1) is 0 Å². The van der Waals surface area contributed by atoms with Crippen molar-refractivity contribution in [3.8, 4) is 0 Å². The monoisotopic (exact) mass is 292 g/mol. The Labute approximate surface area is 129 Å². The molecule has 1 atom stereocenters. The summed E-state index contributed by atoms with van der Waals surface area (Å²) in [6.07, 6.45) is 12.1. The Hall–Kier alpha value is -0.870. The van der Waals surface area contributed by atoms with Gasteiger partial charge in [0.15, 0.2) is 0 Å². The second-order valence-electron chi connectivity index (χ2n) is 6.94. The first-order valence-corrected chi connectivity index (χ1v) is 8.42. The number of rotatable bonds is 6. The number of likely N-dealkylation sites (N-methyl/N-ethyl adjacent to an activating group) is 1. The molecule has 1 heterocycles. The van der Waals surface area contributed by atoms with Crippen molar-refractivity contribution in [3.63, 3.8) is 0 Å². The fourth-order valence-electron chi connectivity index (χ4n) is 3.49. The molecule has 0 aliphatic heterocycles. The molecule has 0 amide bonds. The molecule has 0 radical (unpaired) electrons. The van der Waals surface area contributed by atoms with Gasteiger partial charge in [-0.15, -0.1) is 0 Å². The van der Waals surface area contributed by atoms with Crippen LogP contribution in [0.1, 0.15) is 51.3 Å². The van der Waals surface area contributed by atoms with Gasteiger partial charge in [0.1, 0.15) is 5.82 Å². The van der Waals surface area contributed by atoms with Crippen molar-refractivity contribution in [2.45, 2.75) is 70.5 Å². The molecule has 0 unspecified atom stereocenters. The van der Waals surface area contributed by atoms with Gasteiger partial charge in [0.2, 0.25) is 0 Å². The maximum absolute atomic E-state index is 4.30. The van der Waals surface area contributed by atoms with Crippen LogP contribution in [0.5, 0.6) is 0 Å². The van der Waals surface area contributed by atoms with E-state index in [9.17, 15) is 0 Å². The van der Waals surface area contributed by atoms with Crippen LogP contribution in [0.25, 0.3) is 0 Å². The topological polar surface area (TPSA) is 33.1 Å². The molecule has 0 saturated heterocycles. The molecule has 21 heavy (non-hydrogen) atoms. The molecule has 1 aliphatic carbocycles. The zero-order chi connectivity index (χ0) is 15.3. The third-order valence-electron chi connectivity index (χ3n) is 5.16. The van der Waals surface area contributed by atoms with Crippen LogP contribution >= 0.6 is 0 Å². The van der Waals surface area contributed by atoms with Crippen molar-refractivity contribution in [2.24, 2.45) is 0 Å². The van der Waals surface area contributed by atoms with Crippen LogP contribution < -0.4 is 5.32 Å². The highest BCUT2D eigenvalue weighted by Gasteiger charge is 2.33. The SMILES string of the molecule is Cc1nccn1C[C@@H](C)NCC1(N(C)C)CCCCCC1. The van der Waals surface area contributed by atoms with Gasteiger partial charge in [0.25, 0.3) is 0 Å². The van der Waals surface area contributed by atoms with Gasteiger partial charge >= 0.3 is 0 Å². The van der Waals surface area contributed by atoms with E-state index in [0.29, 0.717) is 11.6 Å². The third-order valence-corrected chi connectivity index (χ3v) is 5.16. The van der Waals surface area contributed by atoms with Crippen molar-refractivity contribution in [2.75, 3.05) is 20.6 Å². The average Bonchev–Trinajstić information content (AvgIpc) is 2.72. The molecule has 1 saturated carbocycles. The van der Waals surface area contributed by atoms with Crippen LogP contribution in [0.3, 0.4) is 0 Å². The molecule has 120 valence electrons. The minimum absolute atomic E-state index is 0.342. The van der Waals surface area contributed by atoms with E-state index in [-0.39, 0.29) is 0 Å². The summed E-state index contributed by atoms with van der Waals surface area (Å²) in [4.78, 5) is 6.76. The third kappa shape index (κ3) is 4.30. The Bertz CT molecular complexity index is 416. The highest BCUT2D eigenvalue weighted by molar-refractivity contribution is 4.93. The van der Waals surface area contributed by atoms with Crippen LogP contribution in [0.15, 0.2) is 12.4 Å². The van der Waals surface area contributed by atoms with Crippen LogP contribution in [-0.4, -0.2) is 46.7 Å². The van der Waals surface area contributed by atoms with Crippen molar-refractivity contribution in [3.05, 3.63) is 18.2 Å². The summed E-state index contributed by atoms with van der Waals surface area (Å²) in [6, 6.07) is 0.470. The van der Waals surface area contributed by atoms with E-state index in [0.717, 1.165) is 18.9 Å². The lowest BCUT2D eigenvalue weighted by Gasteiger charge is -2.40. The van der Waals surface area contributed by atoms with Crippen molar-refractivity contribution in [1.82, 2.24) is 19.8 Å². The summed E-state index contributed by atoms with van der Waals surface area (Å²) in [7, 11) is 4.50. The Morgan fingerprint density at radius 2 is 1.95 bits per heavy atom. The summed E-state index contributed by atoms with van der Waals surface area (Å²) < 4.78 is 2.23. The van der Waals surface area contributed by atoms with Gasteiger partial charge in [-0.2, -0.15) is 0 Å². The normalized spacial score (nSPS) is 20.4. The summed E-state index contributed by atoms with van der Waals surface area (Å²) in [5.74, 6) is 1.10. The molecule has 1 fully saturated rings. The van der Waals surface area contributed by atoms with Crippen LogP contribution in [0, 0.1) is 6.92 Å². The minimum atomic E-state index is 0.342. The Kier molecular flexibility index (Phi) is 5.82. The number of aromatic nitrogens is 2. The van der Waals surface area contributed by atoms with Crippen LogP contribution in [0.4, 0.5) is 0 Å². The van der Waals surface area contributed by atoms with Crippen LogP contribution in [-0.2, 0) is 6.54 Å². The Balaban J connectivity index is 1.90. The molecule has 1 N–H and O–H groups in total. The number of hydrogen-bond donors (Lipinski definition) is 1. The fourth-order valence-corrected chi connectivity index (χ4v) is 3.49. The van der Waals surface area contributed by atoms with E-state index in [1.807, 2.05) is 6.20 Å². The molecular formula is C17H32N4.